The van der Waals surface area contributed by atoms with E-state index in [0.29, 0.717) is 31.0 Å². The molecule has 0 spiro atoms. The van der Waals surface area contributed by atoms with Crippen LogP contribution >= 0.6 is 12.4 Å². The third-order valence-corrected chi connectivity index (χ3v) is 3.05. The summed E-state index contributed by atoms with van der Waals surface area (Å²) in [7, 11) is 0. The van der Waals surface area contributed by atoms with E-state index in [2.05, 4.69) is 10.2 Å². The van der Waals surface area contributed by atoms with E-state index in [9.17, 15) is 9.59 Å². The van der Waals surface area contributed by atoms with E-state index in [1.165, 1.54) is 6.92 Å². The van der Waals surface area contributed by atoms with Crippen LogP contribution in [0.15, 0.2) is 24.3 Å². The lowest BCUT2D eigenvalue weighted by atomic mass is 10.1. The number of nitrogens with one attached hydrogen (secondary N) is 1. The molecule has 0 aromatic heterocycles. The average Bonchev–Trinajstić information content (AvgIpc) is 2.40. The number of benzene rings is 1. The third-order valence-electron chi connectivity index (χ3n) is 3.05. The average molecular weight is 299 g/mol. The van der Waals surface area contributed by atoms with Gasteiger partial charge in [-0.05, 0) is 31.2 Å². The van der Waals surface area contributed by atoms with Crippen molar-refractivity contribution < 1.29 is 14.3 Å². The van der Waals surface area contributed by atoms with Crippen LogP contribution in [0.1, 0.15) is 17.3 Å². The molecule has 110 valence electrons. The maximum Gasteiger partial charge on any atom is 0.238 e. The second-order valence-corrected chi connectivity index (χ2v) is 4.57. The van der Waals surface area contributed by atoms with Gasteiger partial charge in [0.1, 0.15) is 0 Å². The van der Waals surface area contributed by atoms with Crippen LogP contribution in [-0.4, -0.2) is 49.4 Å². The zero-order valence-electron chi connectivity index (χ0n) is 11.4. The van der Waals surface area contributed by atoms with Gasteiger partial charge in [0.25, 0.3) is 0 Å². The summed E-state index contributed by atoms with van der Waals surface area (Å²) in [6, 6.07) is 6.92. The lowest BCUT2D eigenvalue weighted by Crippen LogP contribution is -2.41. The number of ketones is 1. The SMILES string of the molecule is CC(=O)c1ccc(NC(=O)CN2CCOCC2)cc1.Cl. The van der Waals surface area contributed by atoms with Crippen LogP contribution in [-0.2, 0) is 9.53 Å². The number of Topliss-reactive ketones (excluding diaryl/α,β-unsaturated/α-hetero) is 1. The van der Waals surface area contributed by atoms with E-state index in [-0.39, 0.29) is 24.1 Å². The van der Waals surface area contributed by atoms with Crippen LogP contribution in [0.5, 0.6) is 0 Å². The molecule has 0 radical (unpaired) electrons. The second-order valence-electron chi connectivity index (χ2n) is 4.57. The molecular formula is C14H19ClN2O3. The van der Waals surface area contributed by atoms with Gasteiger partial charge < -0.3 is 10.1 Å². The molecule has 0 bridgehead atoms. The first-order valence-electron chi connectivity index (χ1n) is 6.36. The number of nitrogens with zero attached hydrogens (tertiary/aromatic N) is 1. The van der Waals surface area contributed by atoms with E-state index in [1.54, 1.807) is 24.3 Å². The second kappa shape index (κ2) is 7.99. The standard InChI is InChI=1S/C14H18N2O3.ClH/c1-11(17)12-2-4-13(5-3-12)15-14(18)10-16-6-8-19-9-7-16;/h2-5H,6-10H2,1H3,(H,15,18);1H. The summed E-state index contributed by atoms with van der Waals surface area (Å²) in [4.78, 5) is 25.0. The Morgan fingerprint density at radius 1 is 1.20 bits per heavy atom. The highest BCUT2D eigenvalue weighted by atomic mass is 35.5. The molecular weight excluding hydrogens is 280 g/mol. The smallest absolute Gasteiger partial charge is 0.238 e. The molecule has 1 fully saturated rings. The Balaban J connectivity index is 0.00000200. The minimum atomic E-state index is -0.0440. The van der Waals surface area contributed by atoms with Crippen LogP contribution < -0.4 is 5.32 Å². The Morgan fingerprint density at radius 2 is 1.80 bits per heavy atom. The summed E-state index contributed by atoms with van der Waals surface area (Å²) in [5, 5.41) is 2.82. The molecule has 1 amide bonds. The predicted octanol–water partition coefficient (Wildman–Crippen LogP) is 1.58. The number of hydrogen-bond acceptors (Lipinski definition) is 4. The van der Waals surface area contributed by atoms with E-state index in [4.69, 9.17) is 4.74 Å². The number of rotatable bonds is 4. The minimum Gasteiger partial charge on any atom is -0.379 e. The van der Waals surface area contributed by atoms with Crippen molar-refractivity contribution in [1.82, 2.24) is 4.90 Å². The molecule has 1 aliphatic rings. The van der Waals surface area contributed by atoms with Gasteiger partial charge in [-0.2, -0.15) is 0 Å². The molecule has 1 saturated heterocycles. The first-order chi connectivity index (χ1) is 9.15. The van der Waals surface area contributed by atoms with E-state index in [1.807, 2.05) is 0 Å². The fourth-order valence-corrected chi connectivity index (χ4v) is 1.95. The van der Waals surface area contributed by atoms with Crippen LogP contribution in [0, 0.1) is 0 Å². The van der Waals surface area contributed by atoms with Gasteiger partial charge in [0.15, 0.2) is 5.78 Å². The van der Waals surface area contributed by atoms with Crippen molar-refractivity contribution >= 4 is 29.8 Å². The Bertz CT molecular complexity index is 456. The summed E-state index contributed by atoms with van der Waals surface area (Å²) in [6.07, 6.45) is 0. The van der Waals surface area contributed by atoms with Gasteiger partial charge in [-0.1, -0.05) is 0 Å². The van der Waals surface area contributed by atoms with Crippen LogP contribution in [0.25, 0.3) is 0 Å². The summed E-state index contributed by atoms with van der Waals surface area (Å²) < 4.78 is 5.23. The van der Waals surface area contributed by atoms with Crippen molar-refractivity contribution in [2.75, 3.05) is 38.2 Å². The van der Waals surface area contributed by atoms with Crippen molar-refractivity contribution in [1.29, 1.82) is 0 Å². The quantitative estimate of drug-likeness (QED) is 0.858. The topological polar surface area (TPSA) is 58.6 Å². The number of ether oxygens (including phenoxy) is 1. The maximum atomic E-state index is 11.8. The number of amides is 1. The van der Waals surface area contributed by atoms with E-state index < -0.39 is 0 Å². The highest BCUT2D eigenvalue weighted by Crippen LogP contribution is 2.10. The zero-order chi connectivity index (χ0) is 13.7. The molecule has 1 aromatic rings. The highest BCUT2D eigenvalue weighted by Gasteiger charge is 2.14. The fourth-order valence-electron chi connectivity index (χ4n) is 1.95. The van der Waals surface area contributed by atoms with Crippen LogP contribution in [0.3, 0.4) is 0 Å². The summed E-state index contributed by atoms with van der Waals surface area (Å²) >= 11 is 0. The van der Waals surface area contributed by atoms with Gasteiger partial charge >= 0.3 is 0 Å². The lowest BCUT2D eigenvalue weighted by molar-refractivity contribution is -0.118. The van der Waals surface area contributed by atoms with E-state index >= 15 is 0 Å². The number of halogens is 1. The van der Waals surface area contributed by atoms with Gasteiger partial charge in [-0.3, -0.25) is 14.5 Å². The molecule has 6 heteroatoms. The molecule has 1 aliphatic heterocycles. The third kappa shape index (κ3) is 4.92. The van der Waals surface area contributed by atoms with Gasteiger partial charge in [0.2, 0.25) is 5.91 Å². The molecule has 1 aromatic carbocycles. The lowest BCUT2D eigenvalue weighted by Gasteiger charge is -2.25. The highest BCUT2D eigenvalue weighted by molar-refractivity contribution is 5.96. The molecule has 0 unspecified atom stereocenters. The van der Waals surface area contributed by atoms with Crippen molar-refractivity contribution in [3.05, 3.63) is 29.8 Å². The Kier molecular flexibility index (Phi) is 6.64. The first-order valence-corrected chi connectivity index (χ1v) is 6.36. The van der Waals surface area contributed by atoms with Crippen LogP contribution in [0.2, 0.25) is 0 Å². The van der Waals surface area contributed by atoms with E-state index in [0.717, 1.165) is 13.1 Å². The Labute approximate surface area is 124 Å². The molecule has 5 nitrogen and oxygen atoms in total. The zero-order valence-corrected chi connectivity index (χ0v) is 12.2. The maximum absolute atomic E-state index is 11.8. The molecule has 1 N–H and O–H groups in total. The number of anilines is 1. The summed E-state index contributed by atoms with van der Waals surface area (Å²) in [5.74, 6) is -0.0244. The molecule has 0 saturated carbocycles. The molecule has 2 rings (SSSR count). The fraction of sp³-hybridized carbons (Fsp3) is 0.429. The number of carbonyl (C=O) groups excluding carboxylic acids is 2. The number of hydrogen-bond donors (Lipinski definition) is 1. The summed E-state index contributed by atoms with van der Waals surface area (Å²) in [5.41, 5.74) is 1.36. The van der Waals surface area contributed by atoms with Gasteiger partial charge in [-0.25, -0.2) is 0 Å². The normalized spacial score (nSPS) is 15.2. The molecule has 20 heavy (non-hydrogen) atoms. The van der Waals surface area contributed by atoms with Gasteiger partial charge in [0, 0.05) is 24.3 Å². The number of carbonyl (C=O) groups is 2. The molecule has 0 aliphatic carbocycles. The summed E-state index contributed by atoms with van der Waals surface area (Å²) in [6.45, 7) is 4.83. The van der Waals surface area contributed by atoms with Crippen molar-refractivity contribution in [2.45, 2.75) is 6.92 Å². The minimum absolute atomic E-state index is 0. The Morgan fingerprint density at radius 3 is 2.35 bits per heavy atom. The number of morpholine rings is 1. The monoisotopic (exact) mass is 298 g/mol. The molecule has 0 atom stereocenters. The predicted molar refractivity (Wildman–Crippen MR) is 79.6 cm³/mol. The van der Waals surface area contributed by atoms with Crippen molar-refractivity contribution in [3.8, 4) is 0 Å². The van der Waals surface area contributed by atoms with Crippen LogP contribution in [0.4, 0.5) is 5.69 Å². The molecule has 1 heterocycles. The van der Waals surface area contributed by atoms with Crippen molar-refractivity contribution in [3.63, 3.8) is 0 Å². The van der Waals surface area contributed by atoms with Gasteiger partial charge in [-0.15, -0.1) is 12.4 Å². The van der Waals surface area contributed by atoms with Crippen molar-refractivity contribution in [2.24, 2.45) is 0 Å². The van der Waals surface area contributed by atoms with Gasteiger partial charge in [0.05, 0.1) is 19.8 Å². The first kappa shape index (κ1) is 16.6. The Hall–Kier alpha value is -1.43. The largest absolute Gasteiger partial charge is 0.379 e.